The molecule has 6 heteroatoms. The first-order chi connectivity index (χ1) is 11.2. The minimum absolute atomic E-state index is 0.0375. The van der Waals surface area contributed by atoms with Gasteiger partial charge in [0, 0.05) is 6.04 Å². The maximum atomic E-state index is 12.9. The number of amides is 1. The van der Waals surface area contributed by atoms with Crippen molar-refractivity contribution in [3.8, 4) is 0 Å². The highest BCUT2D eigenvalue weighted by Gasteiger charge is 2.29. The van der Waals surface area contributed by atoms with Crippen LogP contribution < -0.4 is 16.3 Å². The molecule has 23 heavy (non-hydrogen) atoms. The lowest BCUT2D eigenvalue weighted by Gasteiger charge is -2.09. The Balaban J connectivity index is 1.53. The molecular formula is C17H17FN4O. The Kier molecular flexibility index (Phi) is 4.75. The topological polar surface area (TPSA) is 65.5 Å². The van der Waals surface area contributed by atoms with Crippen molar-refractivity contribution in [2.24, 2.45) is 5.10 Å². The predicted octanol–water partition coefficient (Wildman–Crippen LogP) is 1.88. The van der Waals surface area contributed by atoms with E-state index in [1.54, 1.807) is 18.3 Å². The van der Waals surface area contributed by atoms with Crippen molar-refractivity contribution in [2.75, 3.05) is 0 Å². The first kappa shape index (κ1) is 15.3. The monoisotopic (exact) mass is 312 g/mol. The van der Waals surface area contributed by atoms with Gasteiger partial charge in [-0.15, -0.1) is 0 Å². The van der Waals surface area contributed by atoms with E-state index in [-0.39, 0.29) is 17.8 Å². The fourth-order valence-corrected chi connectivity index (χ4v) is 2.43. The first-order valence-corrected chi connectivity index (χ1v) is 7.37. The second kappa shape index (κ2) is 7.13. The van der Waals surface area contributed by atoms with E-state index in [9.17, 15) is 9.18 Å². The number of rotatable bonds is 4. The van der Waals surface area contributed by atoms with Gasteiger partial charge in [0.1, 0.15) is 11.9 Å². The summed E-state index contributed by atoms with van der Waals surface area (Å²) in [4.78, 5) is 12.1. The average Bonchev–Trinajstić information content (AvgIpc) is 3.06. The van der Waals surface area contributed by atoms with E-state index in [4.69, 9.17) is 0 Å². The number of carbonyl (C=O) groups excluding carboxylic acids is 1. The minimum Gasteiger partial charge on any atom is -0.271 e. The molecule has 0 aliphatic carbocycles. The number of benzene rings is 2. The highest BCUT2D eigenvalue weighted by molar-refractivity contribution is 5.85. The smallest absolute Gasteiger partial charge is 0.258 e. The van der Waals surface area contributed by atoms with Crippen molar-refractivity contribution in [3.05, 3.63) is 71.5 Å². The van der Waals surface area contributed by atoms with Crippen molar-refractivity contribution >= 4 is 12.1 Å². The van der Waals surface area contributed by atoms with Crippen LogP contribution in [0.4, 0.5) is 4.39 Å². The van der Waals surface area contributed by atoms with Gasteiger partial charge in [0.2, 0.25) is 0 Å². The number of hydrogen-bond donors (Lipinski definition) is 3. The lowest BCUT2D eigenvalue weighted by molar-refractivity contribution is -0.122. The highest BCUT2D eigenvalue weighted by Crippen LogP contribution is 2.22. The summed E-state index contributed by atoms with van der Waals surface area (Å²) in [6.45, 7) is 0. The summed E-state index contributed by atoms with van der Waals surface area (Å²) in [6.07, 6.45) is 2.16. The van der Waals surface area contributed by atoms with Crippen LogP contribution in [0.2, 0.25) is 0 Å². The van der Waals surface area contributed by atoms with Crippen LogP contribution in [-0.4, -0.2) is 18.2 Å². The van der Waals surface area contributed by atoms with Gasteiger partial charge >= 0.3 is 0 Å². The summed E-state index contributed by atoms with van der Waals surface area (Å²) in [5.74, 6) is -0.487. The van der Waals surface area contributed by atoms with Crippen LogP contribution >= 0.6 is 0 Å². The molecule has 0 spiro atoms. The summed E-state index contributed by atoms with van der Waals surface area (Å²) in [7, 11) is 0. The molecular weight excluding hydrogens is 295 g/mol. The van der Waals surface area contributed by atoms with E-state index in [1.165, 1.54) is 12.1 Å². The molecule has 0 aromatic heterocycles. The van der Waals surface area contributed by atoms with E-state index in [2.05, 4.69) is 21.4 Å². The summed E-state index contributed by atoms with van der Waals surface area (Å²) >= 11 is 0. The van der Waals surface area contributed by atoms with Crippen LogP contribution in [0.25, 0.3) is 0 Å². The number of hydrogen-bond acceptors (Lipinski definition) is 4. The Hall–Kier alpha value is -2.57. The lowest BCUT2D eigenvalue weighted by Crippen LogP contribution is -2.41. The maximum Gasteiger partial charge on any atom is 0.258 e. The normalized spacial score (nSPS) is 20.7. The summed E-state index contributed by atoms with van der Waals surface area (Å²) in [6, 6.07) is 15.3. The molecule has 0 saturated carbocycles. The van der Waals surface area contributed by atoms with Crippen LogP contribution in [0.5, 0.6) is 0 Å². The van der Waals surface area contributed by atoms with Crippen LogP contribution in [0, 0.1) is 5.82 Å². The Labute approximate surface area is 133 Å². The molecule has 1 fully saturated rings. The number of hydrazone groups is 1. The van der Waals surface area contributed by atoms with Crippen molar-refractivity contribution < 1.29 is 9.18 Å². The van der Waals surface area contributed by atoms with E-state index >= 15 is 0 Å². The van der Waals surface area contributed by atoms with E-state index in [1.807, 2.05) is 30.3 Å². The molecule has 2 aromatic carbocycles. The van der Waals surface area contributed by atoms with Crippen molar-refractivity contribution in [3.63, 3.8) is 0 Å². The summed E-state index contributed by atoms with van der Waals surface area (Å²) < 4.78 is 12.9. The fraction of sp³-hybridized carbons (Fsp3) is 0.176. The molecule has 3 N–H and O–H groups in total. The van der Waals surface area contributed by atoms with Crippen LogP contribution in [-0.2, 0) is 4.79 Å². The predicted molar refractivity (Wildman–Crippen MR) is 86.0 cm³/mol. The number of carbonyl (C=O) groups is 1. The Morgan fingerprint density at radius 3 is 2.61 bits per heavy atom. The average molecular weight is 312 g/mol. The first-order valence-electron chi connectivity index (χ1n) is 7.37. The Morgan fingerprint density at radius 1 is 1.13 bits per heavy atom. The Morgan fingerprint density at radius 2 is 1.87 bits per heavy atom. The van der Waals surface area contributed by atoms with Gasteiger partial charge in [0.15, 0.2) is 0 Å². The van der Waals surface area contributed by atoms with Crippen LogP contribution in [0.15, 0.2) is 59.7 Å². The molecule has 0 radical (unpaired) electrons. The molecule has 2 unspecified atom stereocenters. The molecule has 1 heterocycles. The molecule has 118 valence electrons. The molecule has 1 saturated heterocycles. The zero-order valence-corrected chi connectivity index (χ0v) is 12.4. The molecule has 2 atom stereocenters. The summed E-state index contributed by atoms with van der Waals surface area (Å²) in [5.41, 5.74) is 10.4. The number of nitrogens with one attached hydrogen (secondary N) is 3. The van der Waals surface area contributed by atoms with Crippen LogP contribution in [0.1, 0.15) is 23.6 Å². The number of nitrogens with zero attached hydrogens (tertiary/aromatic N) is 1. The fourth-order valence-electron chi connectivity index (χ4n) is 2.43. The quantitative estimate of drug-likeness (QED) is 0.596. The lowest BCUT2D eigenvalue weighted by atomic mass is 10.0. The third kappa shape index (κ3) is 4.00. The van der Waals surface area contributed by atoms with Crippen molar-refractivity contribution in [1.29, 1.82) is 0 Å². The molecule has 5 nitrogen and oxygen atoms in total. The maximum absolute atomic E-state index is 12.9. The van der Waals surface area contributed by atoms with E-state index in [0.29, 0.717) is 6.42 Å². The molecule has 1 aliphatic rings. The number of hydrazine groups is 1. The zero-order chi connectivity index (χ0) is 16.1. The van der Waals surface area contributed by atoms with E-state index < -0.39 is 6.04 Å². The molecule has 2 aromatic rings. The third-order valence-corrected chi connectivity index (χ3v) is 3.68. The molecule has 1 aliphatic heterocycles. The van der Waals surface area contributed by atoms with Gasteiger partial charge in [-0.05, 0) is 29.7 Å². The van der Waals surface area contributed by atoms with Gasteiger partial charge in [-0.25, -0.2) is 20.7 Å². The van der Waals surface area contributed by atoms with Gasteiger partial charge in [-0.3, -0.25) is 4.79 Å². The van der Waals surface area contributed by atoms with Crippen molar-refractivity contribution in [2.45, 2.75) is 18.5 Å². The van der Waals surface area contributed by atoms with Gasteiger partial charge in [-0.2, -0.15) is 5.10 Å². The molecule has 0 bridgehead atoms. The van der Waals surface area contributed by atoms with Gasteiger partial charge in [0.05, 0.1) is 6.21 Å². The van der Waals surface area contributed by atoms with E-state index in [0.717, 1.165) is 11.1 Å². The number of halogens is 1. The standard InChI is InChI=1S/C17H17FN4O/c18-14-8-6-13(7-9-14)15-10-16(21-20-15)17(23)22-19-11-12-4-2-1-3-5-12/h1-9,11,15-16,20-21H,10H2,(H,22,23)/b19-11+. The molecule has 3 rings (SSSR count). The second-order valence-electron chi connectivity index (χ2n) is 5.33. The highest BCUT2D eigenvalue weighted by atomic mass is 19.1. The zero-order valence-electron chi connectivity index (χ0n) is 12.4. The summed E-state index contributed by atoms with van der Waals surface area (Å²) in [5, 5.41) is 3.95. The largest absolute Gasteiger partial charge is 0.271 e. The van der Waals surface area contributed by atoms with Gasteiger partial charge in [-0.1, -0.05) is 42.5 Å². The van der Waals surface area contributed by atoms with Crippen molar-refractivity contribution in [1.82, 2.24) is 16.3 Å². The van der Waals surface area contributed by atoms with Gasteiger partial charge < -0.3 is 0 Å². The SMILES string of the molecule is O=C(N/N=C/c1ccccc1)C1CC(c2ccc(F)cc2)NN1. The van der Waals surface area contributed by atoms with Gasteiger partial charge in [0.25, 0.3) is 5.91 Å². The van der Waals surface area contributed by atoms with Crippen LogP contribution in [0.3, 0.4) is 0 Å². The second-order valence-corrected chi connectivity index (χ2v) is 5.33. The minimum atomic E-state index is -0.391. The Bertz CT molecular complexity index is 687. The third-order valence-electron chi connectivity index (χ3n) is 3.68. The molecule has 1 amide bonds.